The van der Waals surface area contributed by atoms with Crippen LogP contribution >= 0.6 is 0 Å². The van der Waals surface area contributed by atoms with Crippen LogP contribution < -0.4 is 0 Å². The average Bonchev–Trinajstić information content (AvgIpc) is 2.45. The molecule has 0 aliphatic carbocycles. The normalized spacial score (nSPS) is 19.0. The lowest BCUT2D eigenvalue weighted by Gasteiger charge is -2.22. The van der Waals surface area contributed by atoms with Gasteiger partial charge in [-0.1, -0.05) is 0 Å². The lowest BCUT2D eigenvalue weighted by molar-refractivity contribution is -0.0243. The van der Waals surface area contributed by atoms with Crippen molar-refractivity contribution < 1.29 is 18.7 Å². The third-order valence-corrected chi connectivity index (χ3v) is 2.21. The number of aromatic carboxylic acids is 1. The number of carbonyl (C=O) groups is 1. The molecule has 2 rings (SSSR count). The highest BCUT2D eigenvalue weighted by Gasteiger charge is 2.35. The highest BCUT2D eigenvalue weighted by Crippen LogP contribution is 2.29. The molecule has 0 aromatic carbocycles. The number of alkyl halides is 2. The maximum absolute atomic E-state index is 12.9. The quantitative estimate of drug-likeness (QED) is 0.743. The van der Waals surface area contributed by atoms with Gasteiger partial charge in [0.2, 0.25) is 0 Å². The van der Waals surface area contributed by atoms with Gasteiger partial charge in [0.05, 0.1) is 6.42 Å². The molecule has 1 aliphatic rings. The Morgan fingerprint density at radius 1 is 1.64 bits per heavy atom. The molecule has 0 bridgehead atoms. The molecule has 4 nitrogen and oxygen atoms in total. The molecule has 1 aromatic rings. The summed E-state index contributed by atoms with van der Waals surface area (Å²) in [6.45, 7) is 0.0790. The molecule has 76 valence electrons. The summed E-state index contributed by atoms with van der Waals surface area (Å²) in [7, 11) is 0. The molecular weight excluding hydrogens is 194 g/mol. The van der Waals surface area contributed by atoms with Gasteiger partial charge in [-0.15, -0.1) is 0 Å². The van der Waals surface area contributed by atoms with E-state index in [0.717, 1.165) is 0 Å². The van der Waals surface area contributed by atoms with Crippen molar-refractivity contribution in [2.24, 2.45) is 0 Å². The van der Waals surface area contributed by atoms with Crippen LogP contribution in [0.4, 0.5) is 8.78 Å². The smallest absolute Gasteiger partial charge is 0.356 e. The molecule has 1 N–H and O–H groups in total. The van der Waals surface area contributed by atoms with Gasteiger partial charge in [-0.25, -0.2) is 13.6 Å². The number of hydrogen-bond acceptors (Lipinski definition) is 2. The van der Waals surface area contributed by atoms with Gasteiger partial charge in [0, 0.05) is 18.7 Å². The molecule has 2 heterocycles. The Morgan fingerprint density at radius 3 is 3.00 bits per heavy atom. The van der Waals surface area contributed by atoms with Gasteiger partial charge in [-0.3, -0.25) is 4.68 Å². The van der Waals surface area contributed by atoms with E-state index in [0.29, 0.717) is 5.69 Å². The highest BCUT2D eigenvalue weighted by molar-refractivity contribution is 5.85. The highest BCUT2D eigenvalue weighted by atomic mass is 19.3. The maximum Gasteiger partial charge on any atom is 0.356 e. The zero-order valence-electron chi connectivity index (χ0n) is 7.20. The molecule has 0 saturated carbocycles. The van der Waals surface area contributed by atoms with E-state index in [1.54, 1.807) is 0 Å². The van der Waals surface area contributed by atoms with Crippen LogP contribution in [0.5, 0.6) is 0 Å². The maximum atomic E-state index is 12.9. The first kappa shape index (κ1) is 9.11. The molecule has 14 heavy (non-hydrogen) atoms. The van der Waals surface area contributed by atoms with Gasteiger partial charge in [0.25, 0.3) is 5.92 Å². The lowest BCUT2D eigenvalue weighted by atomic mass is 10.1. The van der Waals surface area contributed by atoms with Gasteiger partial charge in [-0.05, 0) is 6.07 Å². The second-order valence-electron chi connectivity index (χ2n) is 3.33. The molecule has 0 fully saturated rings. The van der Waals surface area contributed by atoms with Crippen LogP contribution in [0.2, 0.25) is 0 Å². The number of fused-ring (bicyclic) bond motifs is 1. The fraction of sp³-hybridized carbons (Fsp3) is 0.500. The molecule has 0 radical (unpaired) electrons. The average molecular weight is 202 g/mol. The minimum Gasteiger partial charge on any atom is -0.476 e. The van der Waals surface area contributed by atoms with Gasteiger partial charge in [0.15, 0.2) is 5.69 Å². The van der Waals surface area contributed by atoms with Crippen molar-refractivity contribution >= 4 is 5.97 Å². The van der Waals surface area contributed by atoms with Crippen molar-refractivity contribution in [3.05, 3.63) is 17.5 Å². The number of aryl methyl sites for hydroxylation is 1. The number of nitrogens with zero attached hydrogens (tertiary/aromatic N) is 2. The zero-order chi connectivity index (χ0) is 10.3. The fourth-order valence-electron chi connectivity index (χ4n) is 1.52. The summed E-state index contributed by atoms with van der Waals surface area (Å²) in [5.74, 6) is -3.92. The van der Waals surface area contributed by atoms with Crippen molar-refractivity contribution in [3.8, 4) is 0 Å². The van der Waals surface area contributed by atoms with E-state index in [9.17, 15) is 13.6 Å². The second kappa shape index (κ2) is 2.76. The number of aromatic nitrogens is 2. The van der Waals surface area contributed by atoms with E-state index in [2.05, 4.69) is 5.10 Å². The zero-order valence-corrected chi connectivity index (χ0v) is 7.20. The topological polar surface area (TPSA) is 55.1 Å². The van der Waals surface area contributed by atoms with Gasteiger partial charge >= 0.3 is 5.97 Å². The summed E-state index contributed by atoms with van der Waals surface area (Å²) >= 11 is 0. The van der Waals surface area contributed by atoms with Crippen molar-refractivity contribution in [2.75, 3.05) is 0 Å². The third-order valence-electron chi connectivity index (χ3n) is 2.21. The molecule has 1 aromatic heterocycles. The van der Waals surface area contributed by atoms with Crippen LogP contribution in [-0.2, 0) is 13.0 Å². The largest absolute Gasteiger partial charge is 0.476 e. The molecule has 0 amide bonds. The third kappa shape index (κ3) is 1.47. The van der Waals surface area contributed by atoms with Crippen LogP contribution in [0.3, 0.4) is 0 Å². The van der Waals surface area contributed by atoms with E-state index in [-0.39, 0.29) is 18.7 Å². The number of hydrogen-bond donors (Lipinski definition) is 1. The van der Waals surface area contributed by atoms with Gasteiger partial charge < -0.3 is 5.11 Å². The van der Waals surface area contributed by atoms with Crippen LogP contribution in [0.1, 0.15) is 22.6 Å². The predicted molar refractivity (Wildman–Crippen MR) is 42.5 cm³/mol. The molecule has 6 heteroatoms. The number of halogens is 2. The first-order valence-electron chi connectivity index (χ1n) is 4.16. The Hall–Kier alpha value is -1.46. The molecule has 1 aliphatic heterocycles. The summed E-state index contributed by atoms with van der Waals surface area (Å²) in [5, 5.41) is 12.3. The number of rotatable bonds is 1. The van der Waals surface area contributed by atoms with Gasteiger partial charge in [0.1, 0.15) is 0 Å². The van der Waals surface area contributed by atoms with E-state index < -0.39 is 18.3 Å². The molecule has 0 spiro atoms. The van der Waals surface area contributed by atoms with E-state index in [4.69, 9.17) is 5.11 Å². The summed E-state index contributed by atoms with van der Waals surface area (Å²) in [4.78, 5) is 10.5. The summed E-state index contributed by atoms with van der Waals surface area (Å²) in [5.41, 5.74) is 0.122. The minimum atomic E-state index is -2.73. The van der Waals surface area contributed by atoms with Crippen LogP contribution in [-0.4, -0.2) is 26.8 Å². The monoisotopic (exact) mass is 202 g/mol. The predicted octanol–water partition coefficient (Wildman–Crippen LogP) is 1.16. The first-order chi connectivity index (χ1) is 6.48. The van der Waals surface area contributed by atoms with Crippen molar-refractivity contribution in [2.45, 2.75) is 25.3 Å². The number of carboxylic acid groups (broad SMARTS) is 1. The van der Waals surface area contributed by atoms with E-state index in [1.807, 2.05) is 0 Å². The SMILES string of the molecule is O=C(O)c1cc2n(n1)CCC(F)(F)C2. The Bertz CT molecular complexity index is 387. The Morgan fingerprint density at radius 2 is 2.36 bits per heavy atom. The van der Waals surface area contributed by atoms with Crippen LogP contribution in [0.25, 0.3) is 0 Å². The molecule has 0 atom stereocenters. The van der Waals surface area contributed by atoms with E-state index in [1.165, 1.54) is 10.7 Å². The van der Waals surface area contributed by atoms with Crippen molar-refractivity contribution in [1.29, 1.82) is 0 Å². The fourth-order valence-corrected chi connectivity index (χ4v) is 1.52. The Kier molecular flexibility index (Phi) is 1.80. The van der Waals surface area contributed by atoms with E-state index >= 15 is 0 Å². The molecule has 0 unspecified atom stereocenters. The van der Waals surface area contributed by atoms with Crippen molar-refractivity contribution in [3.63, 3.8) is 0 Å². The Balaban J connectivity index is 2.34. The van der Waals surface area contributed by atoms with Crippen molar-refractivity contribution in [1.82, 2.24) is 9.78 Å². The first-order valence-corrected chi connectivity index (χ1v) is 4.16. The summed E-state index contributed by atoms with van der Waals surface area (Å²) in [6, 6.07) is 1.20. The summed E-state index contributed by atoms with van der Waals surface area (Å²) < 4.78 is 27.1. The molecular formula is C8H8F2N2O2. The summed E-state index contributed by atoms with van der Waals surface area (Å²) in [6.07, 6.45) is -0.700. The molecule has 0 saturated heterocycles. The standard InChI is InChI=1S/C8H8F2N2O2/c9-8(10)1-2-12-5(4-8)3-6(11-12)7(13)14/h3H,1-2,4H2,(H,13,14). The Labute approximate surface area is 78.1 Å². The van der Waals surface area contributed by atoms with Crippen LogP contribution in [0, 0.1) is 0 Å². The van der Waals surface area contributed by atoms with Crippen LogP contribution in [0.15, 0.2) is 6.07 Å². The van der Waals surface area contributed by atoms with Gasteiger partial charge in [-0.2, -0.15) is 5.10 Å². The lowest BCUT2D eigenvalue weighted by Crippen LogP contribution is -2.29. The second-order valence-corrected chi connectivity index (χ2v) is 3.33. The number of carboxylic acids is 1. The minimum absolute atomic E-state index is 0.0790.